The van der Waals surface area contributed by atoms with Crippen molar-refractivity contribution in [2.75, 3.05) is 23.7 Å². The van der Waals surface area contributed by atoms with Crippen molar-refractivity contribution >= 4 is 61.2 Å². The minimum Gasteiger partial charge on any atom is -0.392 e. The molecule has 0 bridgehead atoms. The number of nitrogens with one attached hydrogen (secondary N) is 2. The number of aliphatic hydroxyl groups is 1. The average Bonchev–Trinajstić information content (AvgIpc) is 3.74. The highest BCUT2D eigenvalue weighted by molar-refractivity contribution is 7.92. The van der Waals surface area contributed by atoms with E-state index in [-0.39, 0.29) is 40.0 Å². The lowest BCUT2D eigenvalue weighted by Crippen LogP contribution is -2.40. The van der Waals surface area contributed by atoms with Crippen LogP contribution < -0.4 is 14.9 Å². The molecule has 1 saturated carbocycles. The molecule has 3 unspecified atom stereocenters. The standard InChI is InChI=1S/C43H39ClF10N8O7S2/c1-20(63)16-55-31(64)18-62(70(66)67)39-34-29(44)8-7-26(36(34)61(59-39)19-41(47,48)49)25-6-5-24(9-10-40(2,3)71(4,68)69)56-35(25)30(13-21-11-22(45)14-23(46)12-21)57-32(65)17-60-38-33(37(58-60)43(52,53)54)27-15-28(27)42(38,50)51/h5-8,11-12,14,20,27-28,30,63H,13,15-19H2,1-4H3,(H,55,64)(H,57,65)(H,66,67)/t20?,27-,28+,30?/m0/s1. The van der Waals surface area contributed by atoms with Gasteiger partial charge in [0.25, 0.3) is 17.2 Å². The molecule has 7 rings (SSSR count). The monoisotopic (exact) mass is 1070 g/mol. The van der Waals surface area contributed by atoms with E-state index >= 15 is 8.78 Å². The molecule has 0 radical (unpaired) electrons. The summed E-state index contributed by atoms with van der Waals surface area (Å²) in [5, 5.41) is 20.8. The number of halogens is 11. The van der Waals surface area contributed by atoms with Crippen LogP contribution in [0.4, 0.5) is 49.7 Å². The number of aliphatic hydroxyl groups excluding tert-OH is 1. The first kappa shape index (κ1) is 53.0. The molecule has 0 aliphatic heterocycles. The van der Waals surface area contributed by atoms with Crippen molar-refractivity contribution in [3.8, 4) is 23.0 Å². The summed E-state index contributed by atoms with van der Waals surface area (Å²) in [7, 11) is -3.90. The van der Waals surface area contributed by atoms with Gasteiger partial charge in [0.1, 0.15) is 47.4 Å². The van der Waals surface area contributed by atoms with Crippen molar-refractivity contribution < 1.29 is 75.8 Å². The number of anilines is 1. The highest BCUT2D eigenvalue weighted by Gasteiger charge is 2.68. The molecule has 2 aliphatic carbocycles. The summed E-state index contributed by atoms with van der Waals surface area (Å²) < 4.78 is 194. The van der Waals surface area contributed by atoms with E-state index in [1.165, 1.54) is 26.8 Å². The molecule has 1 fully saturated rings. The van der Waals surface area contributed by atoms with Gasteiger partial charge in [-0.25, -0.2) is 30.7 Å². The predicted octanol–water partition coefficient (Wildman–Crippen LogP) is 6.73. The number of hydrogen-bond donors (Lipinski definition) is 4. The van der Waals surface area contributed by atoms with Crippen LogP contribution >= 0.6 is 11.6 Å². The third-order valence-electron chi connectivity index (χ3n) is 11.6. The number of rotatable bonds is 15. The van der Waals surface area contributed by atoms with E-state index in [0.29, 0.717) is 15.1 Å². The second-order valence-corrected chi connectivity index (χ2v) is 21.3. The van der Waals surface area contributed by atoms with Gasteiger partial charge in [-0.1, -0.05) is 23.6 Å². The summed E-state index contributed by atoms with van der Waals surface area (Å²) in [5.74, 6) is -6.74. The number of hydrogen-bond acceptors (Lipinski definition) is 9. The zero-order valence-electron chi connectivity index (χ0n) is 37.2. The van der Waals surface area contributed by atoms with Gasteiger partial charge in [-0.2, -0.15) is 45.3 Å². The van der Waals surface area contributed by atoms with E-state index in [9.17, 15) is 67.0 Å². The van der Waals surface area contributed by atoms with E-state index in [2.05, 4.69) is 37.7 Å². The molecule has 5 atom stereocenters. The van der Waals surface area contributed by atoms with Crippen molar-refractivity contribution in [3.05, 3.63) is 93.0 Å². The molecule has 382 valence electrons. The Morgan fingerprint density at radius 2 is 1.66 bits per heavy atom. The fourth-order valence-electron chi connectivity index (χ4n) is 8.08. The minimum atomic E-state index is -5.22. The second-order valence-electron chi connectivity index (χ2n) is 17.4. The van der Waals surface area contributed by atoms with Gasteiger partial charge in [0.05, 0.1) is 33.8 Å². The van der Waals surface area contributed by atoms with E-state index < -0.39 is 162 Å². The van der Waals surface area contributed by atoms with Crippen molar-refractivity contribution in [3.63, 3.8) is 0 Å². The van der Waals surface area contributed by atoms with Crippen LogP contribution in [0.3, 0.4) is 0 Å². The Morgan fingerprint density at radius 1 is 1.01 bits per heavy atom. The van der Waals surface area contributed by atoms with Crippen molar-refractivity contribution in [1.29, 1.82) is 0 Å². The molecule has 4 N–H and O–H groups in total. The molecule has 2 aliphatic rings. The quantitative estimate of drug-likeness (QED) is 0.0495. The number of carbonyl (C=O) groups is 2. The first-order chi connectivity index (χ1) is 32.8. The van der Waals surface area contributed by atoms with Gasteiger partial charge in [-0.15, -0.1) is 0 Å². The van der Waals surface area contributed by atoms with Crippen LogP contribution in [0.1, 0.15) is 73.1 Å². The number of pyridine rings is 1. The Kier molecular flexibility index (Phi) is 14.2. The van der Waals surface area contributed by atoms with E-state index in [1.54, 1.807) is 0 Å². The lowest BCUT2D eigenvalue weighted by molar-refractivity contribution is -0.143. The molecule has 0 spiro atoms. The molecular weight excluding hydrogens is 1030 g/mol. The molecule has 2 aromatic carbocycles. The molecule has 28 heteroatoms. The zero-order chi connectivity index (χ0) is 52.5. The van der Waals surface area contributed by atoms with E-state index in [0.717, 1.165) is 36.6 Å². The normalized spacial score (nSPS) is 17.7. The lowest BCUT2D eigenvalue weighted by atomic mass is 9.93. The van der Waals surface area contributed by atoms with Crippen LogP contribution in [0.15, 0.2) is 42.5 Å². The Bertz CT molecular complexity index is 3150. The molecule has 15 nitrogen and oxygen atoms in total. The summed E-state index contributed by atoms with van der Waals surface area (Å²) in [5.41, 5.74) is -5.65. The summed E-state index contributed by atoms with van der Waals surface area (Å²) in [4.78, 5) is 31.5. The Balaban J connectivity index is 1.46. The number of nitrogens with zero attached hydrogens (tertiary/aromatic N) is 6. The van der Waals surface area contributed by atoms with Crippen LogP contribution in [-0.2, 0) is 62.3 Å². The van der Waals surface area contributed by atoms with Gasteiger partial charge in [0.15, 0.2) is 21.3 Å². The largest absolute Gasteiger partial charge is 0.435 e. The van der Waals surface area contributed by atoms with Gasteiger partial charge in [0.2, 0.25) is 11.8 Å². The molecule has 0 saturated heterocycles. The maximum atomic E-state index is 15.6. The predicted molar refractivity (Wildman–Crippen MR) is 236 cm³/mol. The zero-order valence-corrected chi connectivity index (χ0v) is 39.6. The maximum absolute atomic E-state index is 15.6. The van der Waals surface area contributed by atoms with Gasteiger partial charge in [0, 0.05) is 41.5 Å². The van der Waals surface area contributed by atoms with Crippen molar-refractivity contribution in [2.45, 2.75) is 87.8 Å². The molecule has 3 heterocycles. The first-order valence-electron chi connectivity index (χ1n) is 20.9. The number of alkyl halides is 8. The van der Waals surface area contributed by atoms with Gasteiger partial charge >= 0.3 is 12.4 Å². The summed E-state index contributed by atoms with van der Waals surface area (Å²) >= 11 is 3.40. The first-order valence-corrected chi connectivity index (χ1v) is 24.2. The fraction of sp³-hybridized carbons (Fsp3) is 0.419. The highest BCUT2D eigenvalue weighted by atomic mass is 35.5. The van der Waals surface area contributed by atoms with Crippen LogP contribution in [0.5, 0.6) is 0 Å². The Hall–Kier alpha value is -5.82. The Labute approximate surface area is 404 Å². The average molecular weight is 1070 g/mol. The molecule has 2 amide bonds. The van der Waals surface area contributed by atoms with E-state index in [1.807, 2.05) is 0 Å². The minimum absolute atomic E-state index is 0.198. The van der Waals surface area contributed by atoms with Gasteiger partial charge in [-0.05, 0) is 81.3 Å². The summed E-state index contributed by atoms with van der Waals surface area (Å²) in [6.07, 6.45) is -11.5. The maximum Gasteiger partial charge on any atom is 0.435 e. The van der Waals surface area contributed by atoms with Crippen LogP contribution in [0.25, 0.3) is 22.0 Å². The van der Waals surface area contributed by atoms with Crippen LogP contribution in [0, 0.1) is 29.4 Å². The van der Waals surface area contributed by atoms with Gasteiger partial charge < -0.3 is 15.7 Å². The topological polar surface area (TPSA) is 202 Å². The summed E-state index contributed by atoms with van der Waals surface area (Å²) in [6, 6.07) is 4.93. The lowest BCUT2D eigenvalue weighted by Gasteiger charge is -2.23. The number of fused-ring (bicyclic) bond motifs is 4. The number of carbonyl (C=O) groups excluding carboxylic acids is 2. The van der Waals surface area contributed by atoms with E-state index in [4.69, 9.17) is 11.6 Å². The highest BCUT2D eigenvalue weighted by Crippen LogP contribution is 2.68. The fourth-order valence-corrected chi connectivity index (χ4v) is 9.06. The SMILES string of the molecule is CC(O)CNC(=O)CN(c1nn(CC(F)(F)F)c2c(-c3ccc(C#CC(C)(C)S(C)(=O)=O)nc3C(Cc3cc(F)cc(F)c3)NC(=O)Cn3nc(C(F)(F)F)c4c3C(F)(F)[C@@H]3C[C@H]43)ccc(Cl)c12)S(=O)O. The number of sulfone groups is 1. The third kappa shape index (κ3) is 11.2. The van der Waals surface area contributed by atoms with Crippen LogP contribution in [0.2, 0.25) is 5.02 Å². The number of benzene rings is 2. The second kappa shape index (κ2) is 19.0. The van der Waals surface area contributed by atoms with Crippen molar-refractivity contribution in [1.82, 2.24) is 35.2 Å². The van der Waals surface area contributed by atoms with Crippen LogP contribution in [-0.4, -0.2) is 95.0 Å². The third-order valence-corrected chi connectivity index (χ3v) is 14.6. The molecule has 5 aromatic rings. The number of aromatic nitrogens is 5. The molecular formula is C43H39ClF10N8O7S2. The summed E-state index contributed by atoms with van der Waals surface area (Å²) in [6.45, 7) is -0.794. The smallest absolute Gasteiger partial charge is 0.392 e. The molecule has 3 aromatic heterocycles. The molecule has 71 heavy (non-hydrogen) atoms. The number of amides is 2. The van der Waals surface area contributed by atoms with Gasteiger partial charge in [-0.3, -0.25) is 23.5 Å². The Morgan fingerprint density at radius 3 is 2.25 bits per heavy atom. The van der Waals surface area contributed by atoms with Crippen molar-refractivity contribution in [2.24, 2.45) is 5.92 Å².